The zero-order valence-corrected chi connectivity index (χ0v) is 22.5. The van der Waals surface area contributed by atoms with Gasteiger partial charge in [0.15, 0.2) is 11.0 Å². The number of thioether (sulfide) groups is 1. The Bertz CT molecular complexity index is 1290. The van der Waals surface area contributed by atoms with E-state index in [1.54, 1.807) is 6.08 Å². The van der Waals surface area contributed by atoms with Gasteiger partial charge in [-0.05, 0) is 74.8 Å². The lowest BCUT2D eigenvalue weighted by atomic mass is 10.1. The van der Waals surface area contributed by atoms with E-state index in [1.807, 2.05) is 28.8 Å². The number of thiophene rings is 1. The monoisotopic (exact) mass is 538 g/mol. The highest BCUT2D eigenvalue weighted by atomic mass is 32.2. The molecule has 3 aromatic rings. The fourth-order valence-electron chi connectivity index (χ4n) is 4.89. The Balaban J connectivity index is 1.26. The van der Waals surface area contributed by atoms with Crippen molar-refractivity contribution in [2.45, 2.75) is 62.8 Å². The Kier molecular flexibility index (Phi) is 7.95. The number of methoxy groups -OCH3 is 1. The first-order chi connectivity index (χ1) is 18.1. The van der Waals surface area contributed by atoms with Crippen molar-refractivity contribution < 1.29 is 19.1 Å². The van der Waals surface area contributed by atoms with E-state index in [0.29, 0.717) is 34.2 Å². The number of allylic oxidation sites excluding steroid dienone is 1. The number of carbonyl (C=O) groups excluding carboxylic acids is 2. The van der Waals surface area contributed by atoms with Crippen LogP contribution in [0.25, 0.3) is 11.4 Å². The summed E-state index contributed by atoms with van der Waals surface area (Å²) in [5.74, 6) is 1.09. The molecule has 0 radical (unpaired) electrons. The molecule has 0 bridgehead atoms. The summed E-state index contributed by atoms with van der Waals surface area (Å²) in [5.41, 5.74) is 2.42. The molecular formula is C27H30N4O4S2. The van der Waals surface area contributed by atoms with Gasteiger partial charge in [0, 0.05) is 17.0 Å². The van der Waals surface area contributed by atoms with E-state index in [2.05, 4.69) is 22.1 Å². The lowest BCUT2D eigenvalue weighted by Crippen LogP contribution is -2.16. The number of aryl methyl sites for hydroxylation is 1. The van der Waals surface area contributed by atoms with E-state index in [4.69, 9.17) is 9.47 Å². The molecule has 0 atom stereocenters. The number of nitrogens with one attached hydrogen (secondary N) is 1. The van der Waals surface area contributed by atoms with Gasteiger partial charge < -0.3 is 14.8 Å². The SMILES string of the molecule is C=CCn1c(SCC(=O)Nc2sc3c(c2C(=O)OC)CCC3)nnc1-c1ccc(OC2CCCC2)cc1. The molecule has 1 saturated carbocycles. The number of carbonyl (C=O) groups is 2. The van der Waals surface area contributed by atoms with Crippen LogP contribution in [0.5, 0.6) is 5.75 Å². The van der Waals surface area contributed by atoms with E-state index in [0.717, 1.165) is 53.9 Å². The van der Waals surface area contributed by atoms with E-state index >= 15 is 0 Å². The maximum absolute atomic E-state index is 12.8. The van der Waals surface area contributed by atoms with Crippen LogP contribution >= 0.6 is 23.1 Å². The van der Waals surface area contributed by atoms with Crippen molar-refractivity contribution in [2.24, 2.45) is 0 Å². The third-order valence-electron chi connectivity index (χ3n) is 6.64. The molecule has 2 aliphatic rings. The maximum atomic E-state index is 12.8. The summed E-state index contributed by atoms with van der Waals surface area (Å²) in [7, 11) is 1.36. The molecule has 1 fully saturated rings. The van der Waals surface area contributed by atoms with Crippen molar-refractivity contribution in [3.05, 3.63) is 52.9 Å². The largest absolute Gasteiger partial charge is 0.490 e. The number of amides is 1. The number of benzene rings is 1. The molecule has 0 saturated heterocycles. The number of rotatable bonds is 10. The minimum atomic E-state index is -0.405. The molecule has 0 spiro atoms. The third-order valence-corrected chi connectivity index (χ3v) is 8.82. The normalized spacial score (nSPS) is 14.9. The standard InChI is InChI=1S/C27H30N4O4S2/c1-3-15-31-24(17-11-13-19(14-12-17)35-18-7-4-5-8-18)29-30-27(31)36-16-22(32)28-25-23(26(33)34-2)20-9-6-10-21(20)37-25/h3,11-14,18H,1,4-10,15-16H2,2H3,(H,28,32). The summed E-state index contributed by atoms with van der Waals surface area (Å²) in [6, 6.07) is 7.91. The Morgan fingerprint density at radius 3 is 2.70 bits per heavy atom. The minimum Gasteiger partial charge on any atom is -0.490 e. The molecular weight excluding hydrogens is 508 g/mol. The van der Waals surface area contributed by atoms with Crippen LogP contribution in [-0.4, -0.2) is 45.6 Å². The van der Waals surface area contributed by atoms with Gasteiger partial charge in [-0.25, -0.2) is 4.79 Å². The van der Waals surface area contributed by atoms with Crippen LogP contribution in [-0.2, 0) is 28.9 Å². The van der Waals surface area contributed by atoms with Gasteiger partial charge in [-0.15, -0.1) is 28.1 Å². The van der Waals surface area contributed by atoms with Gasteiger partial charge in [0.1, 0.15) is 10.8 Å². The maximum Gasteiger partial charge on any atom is 0.341 e. The van der Waals surface area contributed by atoms with Crippen LogP contribution in [0.4, 0.5) is 5.00 Å². The zero-order valence-electron chi connectivity index (χ0n) is 20.8. The first-order valence-electron chi connectivity index (χ1n) is 12.5. The van der Waals surface area contributed by atoms with Gasteiger partial charge in [0.05, 0.1) is 24.5 Å². The smallest absolute Gasteiger partial charge is 0.341 e. The second kappa shape index (κ2) is 11.5. The summed E-state index contributed by atoms with van der Waals surface area (Å²) in [6.45, 7) is 4.38. The number of nitrogens with zero attached hydrogens (tertiary/aromatic N) is 3. The van der Waals surface area contributed by atoms with Crippen LogP contribution in [0.1, 0.15) is 52.9 Å². The van der Waals surface area contributed by atoms with Crippen molar-refractivity contribution in [2.75, 3.05) is 18.2 Å². The lowest BCUT2D eigenvalue weighted by Gasteiger charge is -2.13. The van der Waals surface area contributed by atoms with E-state index in [9.17, 15) is 9.59 Å². The molecule has 5 rings (SSSR count). The van der Waals surface area contributed by atoms with Gasteiger partial charge >= 0.3 is 5.97 Å². The number of anilines is 1. The third kappa shape index (κ3) is 5.60. The van der Waals surface area contributed by atoms with Crippen molar-refractivity contribution in [1.29, 1.82) is 0 Å². The fraction of sp³-hybridized carbons (Fsp3) is 0.407. The van der Waals surface area contributed by atoms with Crippen LogP contribution in [0.2, 0.25) is 0 Å². The number of fused-ring (bicyclic) bond motifs is 1. The highest BCUT2D eigenvalue weighted by Gasteiger charge is 2.28. The molecule has 194 valence electrons. The van der Waals surface area contributed by atoms with Crippen LogP contribution in [0.3, 0.4) is 0 Å². The molecule has 1 N–H and O–H groups in total. The zero-order chi connectivity index (χ0) is 25.8. The van der Waals surface area contributed by atoms with E-state index < -0.39 is 5.97 Å². The van der Waals surface area contributed by atoms with Gasteiger partial charge in [-0.2, -0.15) is 0 Å². The summed E-state index contributed by atoms with van der Waals surface area (Å²) in [6.07, 6.45) is 9.56. The number of esters is 1. The predicted octanol–water partition coefficient (Wildman–Crippen LogP) is 5.52. The molecule has 2 aromatic heterocycles. The minimum absolute atomic E-state index is 0.132. The quantitative estimate of drug-likeness (QED) is 0.206. The Morgan fingerprint density at radius 2 is 1.97 bits per heavy atom. The summed E-state index contributed by atoms with van der Waals surface area (Å²) in [4.78, 5) is 26.3. The van der Waals surface area contributed by atoms with Crippen molar-refractivity contribution in [3.63, 3.8) is 0 Å². The Hall–Kier alpha value is -3.11. The molecule has 8 nitrogen and oxygen atoms in total. The molecule has 0 unspecified atom stereocenters. The predicted molar refractivity (Wildman–Crippen MR) is 146 cm³/mol. The average Bonchev–Trinajstić information content (AvgIpc) is 3.69. The van der Waals surface area contributed by atoms with E-state index in [1.165, 1.54) is 43.1 Å². The highest BCUT2D eigenvalue weighted by molar-refractivity contribution is 7.99. The number of hydrogen-bond donors (Lipinski definition) is 1. The molecule has 1 amide bonds. The molecule has 10 heteroatoms. The fourth-order valence-corrected chi connectivity index (χ4v) is 6.93. The average molecular weight is 539 g/mol. The molecule has 2 aliphatic carbocycles. The lowest BCUT2D eigenvalue weighted by molar-refractivity contribution is -0.113. The van der Waals surface area contributed by atoms with E-state index in [-0.39, 0.29) is 11.7 Å². The van der Waals surface area contributed by atoms with Crippen molar-refractivity contribution >= 4 is 40.0 Å². The topological polar surface area (TPSA) is 95.3 Å². The highest BCUT2D eigenvalue weighted by Crippen LogP contribution is 2.39. The van der Waals surface area contributed by atoms with Gasteiger partial charge in [0.25, 0.3) is 0 Å². The second-order valence-corrected chi connectivity index (χ2v) is 11.2. The number of ether oxygens (including phenoxy) is 2. The molecule has 2 heterocycles. The van der Waals surface area contributed by atoms with Crippen LogP contribution in [0, 0.1) is 0 Å². The summed E-state index contributed by atoms with van der Waals surface area (Å²) in [5, 5.41) is 12.8. The molecule has 0 aliphatic heterocycles. The molecule has 1 aromatic carbocycles. The number of aromatic nitrogens is 3. The first-order valence-corrected chi connectivity index (χ1v) is 14.3. The first kappa shape index (κ1) is 25.5. The number of hydrogen-bond acceptors (Lipinski definition) is 8. The Labute approximate surface area is 224 Å². The van der Waals surface area contributed by atoms with Crippen molar-refractivity contribution in [1.82, 2.24) is 14.8 Å². The summed E-state index contributed by atoms with van der Waals surface area (Å²) >= 11 is 2.77. The van der Waals surface area contributed by atoms with Gasteiger partial charge in [-0.1, -0.05) is 17.8 Å². The molecule has 37 heavy (non-hydrogen) atoms. The Morgan fingerprint density at radius 1 is 1.19 bits per heavy atom. The van der Waals surface area contributed by atoms with Crippen molar-refractivity contribution in [3.8, 4) is 17.1 Å². The van der Waals surface area contributed by atoms with Crippen LogP contribution < -0.4 is 10.1 Å². The summed E-state index contributed by atoms with van der Waals surface area (Å²) < 4.78 is 13.0. The van der Waals surface area contributed by atoms with Gasteiger partial charge in [-0.3, -0.25) is 9.36 Å². The van der Waals surface area contributed by atoms with Gasteiger partial charge in [0.2, 0.25) is 5.91 Å². The second-order valence-electron chi connectivity index (χ2n) is 9.14. The van der Waals surface area contributed by atoms with Crippen LogP contribution in [0.15, 0.2) is 42.1 Å².